The maximum Gasteiger partial charge on any atom is 0.342 e. The second-order valence-corrected chi connectivity index (χ2v) is 9.92. The van der Waals surface area contributed by atoms with E-state index in [0.29, 0.717) is 16.8 Å². The predicted molar refractivity (Wildman–Crippen MR) is 132 cm³/mol. The molecule has 1 aliphatic carbocycles. The lowest BCUT2D eigenvalue weighted by Gasteiger charge is -2.46. The molecule has 1 heterocycles. The van der Waals surface area contributed by atoms with Crippen LogP contribution in [-0.4, -0.2) is 79.7 Å². The average Bonchev–Trinajstić information content (AvgIpc) is 3.24. The molecular weight excluding hydrogens is 482 g/mol. The molecular formula is C26H31N3O8. The third-order valence-corrected chi connectivity index (χ3v) is 7.72. The lowest BCUT2D eigenvalue weighted by atomic mass is 9.74. The maximum absolute atomic E-state index is 12.9. The zero-order valence-electron chi connectivity index (χ0n) is 20.9. The van der Waals surface area contributed by atoms with E-state index in [2.05, 4.69) is 16.0 Å². The van der Waals surface area contributed by atoms with E-state index in [4.69, 9.17) is 4.74 Å². The molecule has 0 radical (unpaired) electrons. The van der Waals surface area contributed by atoms with Crippen LogP contribution in [0.15, 0.2) is 42.5 Å². The molecule has 11 nitrogen and oxygen atoms in total. The van der Waals surface area contributed by atoms with Crippen molar-refractivity contribution in [3.8, 4) is 5.75 Å². The number of fused-ring (bicyclic) bond motifs is 1. The highest BCUT2D eigenvalue weighted by Crippen LogP contribution is 2.51. The largest absolute Gasteiger partial charge is 0.507 e. The first-order valence-electron chi connectivity index (χ1n) is 11.8. The van der Waals surface area contributed by atoms with Gasteiger partial charge in [0, 0.05) is 11.3 Å². The quantitative estimate of drug-likeness (QED) is 0.209. The Labute approximate surface area is 213 Å². The number of nitrogens with one attached hydrogen (secondary N) is 3. The lowest BCUT2D eigenvalue weighted by Crippen LogP contribution is -2.72. The second-order valence-electron chi connectivity index (χ2n) is 9.92. The molecule has 2 aliphatic rings. The molecule has 6 atom stereocenters. The molecule has 7 N–H and O–H groups in total. The highest BCUT2D eigenvalue weighted by Gasteiger charge is 2.79. The van der Waals surface area contributed by atoms with Gasteiger partial charge in [-0.15, -0.1) is 0 Å². The third-order valence-electron chi connectivity index (χ3n) is 7.72. The van der Waals surface area contributed by atoms with Gasteiger partial charge in [0.15, 0.2) is 11.4 Å². The second kappa shape index (κ2) is 9.02. The number of ether oxygens (including phenoxy) is 1. The van der Waals surface area contributed by atoms with Crippen LogP contribution in [0.2, 0.25) is 0 Å². The van der Waals surface area contributed by atoms with Gasteiger partial charge in [-0.3, -0.25) is 4.79 Å². The number of aliphatic hydroxyl groups is 3. The average molecular weight is 514 g/mol. The molecule has 198 valence electrons. The minimum Gasteiger partial charge on any atom is -0.507 e. The van der Waals surface area contributed by atoms with Crippen LogP contribution in [0, 0.1) is 6.92 Å². The van der Waals surface area contributed by atoms with Gasteiger partial charge >= 0.3 is 12.0 Å². The van der Waals surface area contributed by atoms with E-state index in [1.165, 1.54) is 26.8 Å². The molecule has 1 unspecified atom stereocenters. The molecule has 2 amide bonds. The molecule has 2 aromatic carbocycles. The molecule has 0 aromatic heterocycles. The zero-order valence-corrected chi connectivity index (χ0v) is 20.9. The number of aliphatic hydroxyl groups excluding tert-OH is 1. The number of amides is 2. The van der Waals surface area contributed by atoms with Crippen LogP contribution in [0.5, 0.6) is 5.75 Å². The van der Waals surface area contributed by atoms with Crippen molar-refractivity contribution in [2.24, 2.45) is 0 Å². The summed E-state index contributed by atoms with van der Waals surface area (Å²) in [4.78, 5) is 37.2. The van der Waals surface area contributed by atoms with Gasteiger partial charge in [0.2, 0.25) is 0 Å². The number of hydrogen-bond acceptors (Lipinski definition) is 9. The number of carbonyl (C=O) groups excluding carboxylic acids is 3. The smallest absolute Gasteiger partial charge is 0.342 e. The normalized spacial score (nSPS) is 31.2. The van der Waals surface area contributed by atoms with Gasteiger partial charge in [0.05, 0.1) is 18.2 Å². The van der Waals surface area contributed by atoms with Gasteiger partial charge < -0.3 is 41.1 Å². The number of ketones is 1. The van der Waals surface area contributed by atoms with Gasteiger partial charge in [0.1, 0.15) is 29.1 Å². The molecule has 2 fully saturated rings. The SMILES string of the molecule is CC(=O)c1cccc(NC2[C@@H]3NC(=O)N[C@]3([C@H](C)O)[C@@](C)(O)[C@@]2(O)COC(=O)c2c(C)cccc2O)c1. The van der Waals surface area contributed by atoms with Crippen LogP contribution in [0.3, 0.4) is 0 Å². The highest BCUT2D eigenvalue weighted by molar-refractivity contribution is 5.95. The van der Waals surface area contributed by atoms with E-state index >= 15 is 0 Å². The molecule has 1 aliphatic heterocycles. The molecule has 2 aromatic rings. The van der Waals surface area contributed by atoms with E-state index in [9.17, 15) is 34.8 Å². The van der Waals surface area contributed by atoms with Crippen molar-refractivity contribution in [3.05, 3.63) is 59.2 Å². The standard InChI is InChI=1S/C26H31N3O8/c1-13-7-5-10-18(32)19(13)22(33)37-12-25(36)20(27-17-9-6-8-16(11-17)14(2)30)21-26(15(3)31,24(25,4)35)29-23(34)28-21/h5-11,15,20-21,27,31-32,35-36H,12H2,1-4H3,(H2,28,29,34)/t15-,20?,21-,24-,25+,26-/m0/s1. The molecule has 4 rings (SSSR count). The molecule has 1 saturated heterocycles. The first kappa shape index (κ1) is 26.4. The van der Waals surface area contributed by atoms with Gasteiger partial charge in [-0.2, -0.15) is 0 Å². The van der Waals surface area contributed by atoms with E-state index in [1.54, 1.807) is 43.3 Å². The van der Waals surface area contributed by atoms with E-state index in [0.717, 1.165) is 0 Å². The van der Waals surface area contributed by atoms with Crippen molar-refractivity contribution in [2.75, 3.05) is 11.9 Å². The molecule has 0 spiro atoms. The van der Waals surface area contributed by atoms with Crippen LogP contribution in [0.1, 0.15) is 47.1 Å². The number of urea groups is 1. The number of aryl methyl sites for hydroxylation is 1. The summed E-state index contributed by atoms with van der Waals surface area (Å²) in [5.74, 6) is -1.44. The van der Waals surface area contributed by atoms with Gasteiger partial charge in [-0.1, -0.05) is 24.3 Å². The minimum absolute atomic E-state index is 0.0979. The monoisotopic (exact) mass is 513 g/mol. The summed E-state index contributed by atoms with van der Waals surface area (Å²) >= 11 is 0. The van der Waals surface area contributed by atoms with Crippen molar-refractivity contribution in [1.82, 2.24) is 10.6 Å². The summed E-state index contributed by atoms with van der Waals surface area (Å²) in [5.41, 5.74) is -5.20. The topological polar surface area (TPSA) is 177 Å². The van der Waals surface area contributed by atoms with Gasteiger partial charge in [-0.05, 0) is 51.5 Å². The van der Waals surface area contributed by atoms with Crippen molar-refractivity contribution in [1.29, 1.82) is 0 Å². The fourth-order valence-electron chi connectivity index (χ4n) is 5.64. The molecule has 1 saturated carbocycles. The van der Waals surface area contributed by atoms with Gasteiger partial charge in [0.25, 0.3) is 0 Å². The van der Waals surface area contributed by atoms with Crippen LogP contribution >= 0.6 is 0 Å². The van der Waals surface area contributed by atoms with Crippen LogP contribution < -0.4 is 16.0 Å². The van der Waals surface area contributed by atoms with E-state index in [-0.39, 0.29) is 17.1 Å². The van der Waals surface area contributed by atoms with Gasteiger partial charge in [-0.25, -0.2) is 9.59 Å². The maximum atomic E-state index is 12.9. The number of phenolic OH excluding ortho intramolecular Hbond substituents is 1. The number of hydrogen-bond donors (Lipinski definition) is 7. The van der Waals surface area contributed by atoms with Crippen LogP contribution in [0.4, 0.5) is 10.5 Å². The number of rotatable bonds is 7. The summed E-state index contributed by atoms with van der Waals surface area (Å²) in [6.45, 7) is 4.85. The minimum atomic E-state index is -2.28. The van der Waals surface area contributed by atoms with Crippen LogP contribution in [0.25, 0.3) is 0 Å². The highest BCUT2D eigenvalue weighted by atomic mass is 16.5. The Balaban J connectivity index is 1.76. The fourth-order valence-corrected chi connectivity index (χ4v) is 5.64. The van der Waals surface area contributed by atoms with Crippen molar-refractivity contribution in [3.63, 3.8) is 0 Å². The summed E-state index contributed by atoms with van der Waals surface area (Å²) in [7, 11) is 0. The number of Topliss-reactive ketones (excluding diaryl/α,β-unsaturated/α-hetero) is 1. The molecule has 0 bridgehead atoms. The molecule has 11 heteroatoms. The summed E-state index contributed by atoms with van der Waals surface area (Å²) in [6.07, 6.45) is -1.36. The number of phenols is 1. The number of esters is 1. The first-order valence-corrected chi connectivity index (χ1v) is 11.8. The third kappa shape index (κ3) is 3.90. The Morgan fingerprint density at radius 3 is 2.49 bits per heavy atom. The summed E-state index contributed by atoms with van der Waals surface area (Å²) in [6, 6.07) is 7.95. The van der Waals surface area contributed by atoms with Crippen molar-refractivity contribution >= 4 is 23.5 Å². The number of carbonyl (C=O) groups is 3. The summed E-state index contributed by atoms with van der Waals surface area (Å²) < 4.78 is 5.43. The van der Waals surface area contributed by atoms with Crippen molar-refractivity contribution < 1.29 is 39.5 Å². The van der Waals surface area contributed by atoms with Crippen LogP contribution in [-0.2, 0) is 4.74 Å². The Kier molecular flexibility index (Phi) is 6.43. The summed E-state index contributed by atoms with van der Waals surface area (Å²) in [5, 5.41) is 53.1. The Hall–Kier alpha value is -3.67. The molecule has 37 heavy (non-hydrogen) atoms. The number of anilines is 1. The lowest BCUT2D eigenvalue weighted by molar-refractivity contribution is -0.184. The first-order chi connectivity index (χ1) is 17.3. The zero-order chi connectivity index (χ0) is 27.3. The van der Waals surface area contributed by atoms with Crippen molar-refractivity contribution in [2.45, 2.75) is 62.6 Å². The predicted octanol–water partition coefficient (Wildman–Crippen LogP) is 0.837. The fraction of sp³-hybridized carbons (Fsp3) is 0.423. The number of aromatic hydroxyl groups is 1. The Morgan fingerprint density at radius 1 is 1.19 bits per heavy atom. The Morgan fingerprint density at radius 2 is 1.86 bits per heavy atom. The Bertz CT molecular complexity index is 1240. The number of benzene rings is 2. The van der Waals surface area contributed by atoms with E-state index < -0.39 is 53.5 Å². The van der Waals surface area contributed by atoms with E-state index in [1.807, 2.05) is 0 Å².